The molecule has 23 heavy (non-hydrogen) atoms. The van der Waals surface area contributed by atoms with E-state index in [1.54, 1.807) is 6.92 Å². The summed E-state index contributed by atoms with van der Waals surface area (Å²) < 4.78 is 2.13. The lowest BCUT2D eigenvalue weighted by Gasteiger charge is -2.12. The molecule has 0 aliphatic rings. The molecule has 1 aromatic carbocycles. The Hall–Kier alpha value is -2.83. The minimum Gasteiger partial charge on any atom is -0.346 e. The van der Waals surface area contributed by atoms with Gasteiger partial charge >= 0.3 is 5.69 Å². The highest BCUT2D eigenvalue weighted by atomic mass is 16.2. The van der Waals surface area contributed by atoms with Crippen LogP contribution in [0, 0.1) is 6.92 Å². The third kappa shape index (κ3) is 3.18. The second-order valence-corrected chi connectivity index (χ2v) is 5.60. The number of carbonyl (C=O) groups is 1. The lowest BCUT2D eigenvalue weighted by atomic mass is 10.2. The van der Waals surface area contributed by atoms with Crippen LogP contribution in [0.2, 0.25) is 0 Å². The number of para-hydroxylation sites is 1. The third-order valence-corrected chi connectivity index (χ3v) is 3.89. The van der Waals surface area contributed by atoms with Crippen LogP contribution in [0.25, 0.3) is 10.9 Å². The molecule has 7 heteroatoms. The average molecular weight is 313 g/mol. The second-order valence-electron chi connectivity index (χ2n) is 5.60. The van der Waals surface area contributed by atoms with Crippen molar-refractivity contribution in [3.05, 3.63) is 52.3 Å². The number of H-pyrrole nitrogens is 2. The number of fused-ring (bicyclic) bond motifs is 1. The van der Waals surface area contributed by atoms with Gasteiger partial charge in [0.25, 0.3) is 0 Å². The number of hydrogen-bond donors (Lipinski definition) is 3. The molecule has 7 nitrogen and oxygen atoms in total. The maximum absolute atomic E-state index is 12.1. The van der Waals surface area contributed by atoms with Crippen molar-refractivity contribution in [3.63, 3.8) is 0 Å². The van der Waals surface area contributed by atoms with Gasteiger partial charge in [0.15, 0.2) is 5.82 Å². The van der Waals surface area contributed by atoms with Crippen molar-refractivity contribution in [2.75, 3.05) is 0 Å². The van der Waals surface area contributed by atoms with Crippen LogP contribution in [0.1, 0.15) is 30.9 Å². The molecule has 0 radical (unpaired) electrons. The Kier molecular flexibility index (Phi) is 4.01. The van der Waals surface area contributed by atoms with E-state index in [0.717, 1.165) is 11.2 Å². The topological polar surface area (TPSA) is 95.6 Å². The number of hydrogen-bond acceptors (Lipinski definition) is 3. The lowest BCUT2D eigenvalue weighted by Crippen LogP contribution is -2.28. The largest absolute Gasteiger partial charge is 0.346 e. The van der Waals surface area contributed by atoms with Crippen molar-refractivity contribution >= 4 is 16.8 Å². The Labute approximate surface area is 132 Å². The summed E-state index contributed by atoms with van der Waals surface area (Å²) in [5.41, 5.74) is 1.88. The van der Waals surface area contributed by atoms with Gasteiger partial charge < -0.3 is 9.88 Å². The number of amides is 1. The number of nitrogens with zero attached hydrogens (tertiary/aromatic N) is 2. The summed E-state index contributed by atoms with van der Waals surface area (Å²) >= 11 is 0. The van der Waals surface area contributed by atoms with Gasteiger partial charge in [-0.1, -0.05) is 18.2 Å². The van der Waals surface area contributed by atoms with Gasteiger partial charge in [-0.15, -0.1) is 0 Å². The van der Waals surface area contributed by atoms with Crippen molar-refractivity contribution in [1.29, 1.82) is 0 Å². The van der Waals surface area contributed by atoms with E-state index in [1.807, 2.05) is 19.1 Å². The molecule has 3 rings (SSSR count). The third-order valence-electron chi connectivity index (χ3n) is 3.89. The molecule has 0 bridgehead atoms. The van der Waals surface area contributed by atoms with Gasteiger partial charge in [0.2, 0.25) is 5.91 Å². The molecule has 3 aromatic rings. The van der Waals surface area contributed by atoms with Crippen molar-refractivity contribution in [2.24, 2.45) is 0 Å². The van der Waals surface area contributed by atoms with Gasteiger partial charge in [-0.3, -0.25) is 9.78 Å². The molecule has 120 valence electrons. The monoisotopic (exact) mass is 313 g/mol. The maximum Gasteiger partial charge on any atom is 0.340 e. The molecular formula is C16H19N5O2. The normalized spacial score (nSPS) is 12.4. The van der Waals surface area contributed by atoms with Gasteiger partial charge in [-0.25, -0.2) is 9.89 Å². The molecule has 0 spiro atoms. The van der Waals surface area contributed by atoms with Crippen LogP contribution in [0.5, 0.6) is 0 Å². The molecule has 2 heterocycles. The summed E-state index contributed by atoms with van der Waals surface area (Å²) in [6.45, 7) is 4.42. The first-order valence-corrected chi connectivity index (χ1v) is 7.53. The fraction of sp³-hybridized carbons (Fsp3) is 0.312. The standard InChI is InChI=1S/C16H19N5O2/c1-10-9-12-5-3-4-6-13(12)21(10)8-7-14(22)17-11(2)15-18-16(23)20-19-15/h3-6,9,11H,7-8H2,1-2H3,(H,17,22)(H2,18,19,20,23). The summed E-state index contributed by atoms with van der Waals surface area (Å²) in [6.07, 6.45) is 0.360. The smallest absolute Gasteiger partial charge is 0.340 e. The minimum absolute atomic E-state index is 0.0847. The molecule has 0 aliphatic heterocycles. The molecule has 0 aliphatic carbocycles. The van der Waals surface area contributed by atoms with E-state index in [1.165, 1.54) is 5.39 Å². The van der Waals surface area contributed by atoms with Crippen LogP contribution in [0.3, 0.4) is 0 Å². The quantitative estimate of drug-likeness (QED) is 0.668. The Morgan fingerprint density at radius 2 is 2.17 bits per heavy atom. The van der Waals surface area contributed by atoms with E-state index < -0.39 is 0 Å². The molecule has 3 N–H and O–H groups in total. The molecule has 0 fully saturated rings. The Bertz CT molecular complexity index is 889. The molecule has 1 unspecified atom stereocenters. The highest BCUT2D eigenvalue weighted by Gasteiger charge is 2.13. The van der Waals surface area contributed by atoms with Crippen LogP contribution < -0.4 is 11.0 Å². The van der Waals surface area contributed by atoms with E-state index in [9.17, 15) is 9.59 Å². The molecule has 2 aromatic heterocycles. The van der Waals surface area contributed by atoms with Crippen molar-refractivity contribution in [2.45, 2.75) is 32.9 Å². The Balaban J connectivity index is 1.64. The van der Waals surface area contributed by atoms with Gasteiger partial charge in [0.1, 0.15) is 0 Å². The van der Waals surface area contributed by atoms with E-state index in [0.29, 0.717) is 18.8 Å². The molecule has 1 atom stereocenters. The highest BCUT2D eigenvalue weighted by molar-refractivity contribution is 5.81. The predicted molar refractivity (Wildman–Crippen MR) is 87.1 cm³/mol. The summed E-state index contributed by atoms with van der Waals surface area (Å²) in [6, 6.07) is 9.89. The Morgan fingerprint density at radius 3 is 2.91 bits per heavy atom. The van der Waals surface area contributed by atoms with E-state index in [2.05, 4.69) is 43.3 Å². The number of aromatic nitrogens is 4. The maximum atomic E-state index is 12.1. The van der Waals surface area contributed by atoms with Crippen LogP contribution in [0.4, 0.5) is 0 Å². The first-order chi connectivity index (χ1) is 11.0. The summed E-state index contributed by atoms with van der Waals surface area (Å²) in [5, 5.41) is 10.1. The van der Waals surface area contributed by atoms with Crippen LogP contribution >= 0.6 is 0 Å². The molecule has 0 saturated heterocycles. The minimum atomic E-state index is -0.379. The first-order valence-electron chi connectivity index (χ1n) is 7.53. The summed E-state index contributed by atoms with van der Waals surface area (Å²) in [5.74, 6) is 0.337. The van der Waals surface area contributed by atoms with Crippen molar-refractivity contribution < 1.29 is 4.79 Å². The summed E-state index contributed by atoms with van der Waals surface area (Å²) in [4.78, 5) is 25.7. The summed E-state index contributed by atoms with van der Waals surface area (Å²) in [7, 11) is 0. The zero-order chi connectivity index (χ0) is 16.4. The van der Waals surface area contributed by atoms with Gasteiger partial charge in [-0.05, 0) is 31.4 Å². The molecular weight excluding hydrogens is 294 g/mol. The van der Waals surface area contributed by atoms with E-state index in [4.69, 9.17) is 0 Å². The zero-order valence-electron chi connectivity index (χ0n) is 13.1. The predicted octanol–water partition coefficient (Wildman–Crippen LogP) is 1.63. The van der Waals surface area contributed by atoms with Crippen molar-refractivity contribution in [1.82, 2.24) is 25.1 Å². The fourth-order valence-corrected chi connectivity index (χ4v) is 2.73. The first kappa shape index (κ1) is 15.1. The number of aryl methyl sites for hydroxylation is 2. The van der Waals surface area contributed by atoms with Crippen molar-refractivity contribution in [3.8, 4) is 0 Å². The van der Waals surface area contributed by atoms with Crippen LogP contribution in [0.15, 0.2) is 35.1 Å². The average Bonchev–Trinajstić information content (AvgIpc) is 3.08. The Morgan fingerprint density at radius 1 is 1.39 bits per heavy atom. The van der Waals surface area contributed by atoms with E-state index >= 15 is 0 Å². The second kappa shape index (κ2) is 6.12. The van der Waals surface area contributed by atoms with Crippen LogP contribution in [-0.2, 0) is 11.3 Å². The van der Waals surface area contributed by atoms with Gasteiger partial charge in [-0.2, -0.15) is 5.10 Å². The molecule has 1 amide bonds. The highest BCUT2D eigenvalue weighted by Crippen LogP contribution is 2.19. The zero-order valence-corrected chi connectivity index (χ0v) is 13.1. The fourth-order valence-electron chi connectivity index (χ4n) is 2.73. The van der Waals surface area contributed by atoms with Crippen LogP contribution in [-0.4, -0.2) is 25.7 Å². The lowest BCUT2D eigenvalue weighted by molar-refractivity contribution is -0.122. The van der Waals surface area contributed by atoms with Gasteiger partial charge in [0.05, 0.1) is 6.04 Å². The molecule has 0 saturated carbocycles. The number of nitrogens with one attached hydrogen (secondary N) is 3. The number of rotatable bonds is 5. The van der Waals surface area contributed by atoms with Gasteiger partial charge in [0, 0.05) is 24.2 Å². The SMILES string of the molecule is Cc1cc2ccccc2n1CCC(=O)NC(C)c1n[nH]c(=O)[nH]1. The number of benzene rings is 1. The van der Waals surface area contributed by atoms with E-state index in [-0.39, 0.29) is 17.6 Å². The number of aromatic amines is 2. The number of carbonyl (C=O) groups excluding carboxylic acids is 1.